The Hall–Kier alpha value is -4.65. The van der Waals surface area contributed by atoms with Crippen molar-refractivity contribution in [1.29, 1.82) is 0 Å². The summed E-state index contributed by atoms with van der Waals surface area (Å²) in [6, 6.07) is 7.56. The van der Waals surface area contributed by atoms with E-state index in [-0.39, 0.29) is 91.7 Å². The third-order valence-corrected chi connectivity index (χ3v) is 9.66. The molecule has 0 bridgehead atoms. The first-order chi connectivity index (χ1) is 23.9. The molecule has 14 heteroatoms. The zero-order valence-corrected chi connectivity index (χ0v) is 29.4. The first-order valence-electron chi connectivity index (χ1n) is 17.3. The zero-order valence-electron chi connectivity index (χ0n) is 28.7. The molecule has 0 spiro atoms. The highest BCUT2D eigenvalue weighted by atomic mass is 35.5. The number of hydrogen-bond donors (Lipinski definition) is 5. The van der Waals surface area contributed by atoms with Gasteiger partial charge in [-0.1, -0.05) is 44.5 Å². The number of nitrogens with one attached hydrogen (secondary N) is 4. The standard InChI is InChI=1S/C36H46ClN7O6/c1-21(2)27-12-6-22(3)15-32(46)41-28(16-23-7-10-26(45)11-8-23)34(48)38-14-4-5-33(47)44-19-25(17-30(44)36(50)42-27)39-35(49)29-20-43-18-24(37)9-13-31(43)40-29/h7-11,13,18,20-22,25,27-28,30,45H,4-6,12,14-17,19H2,1-3H3,(H,38,48)(H,39,49)(H,41,46)(H,42,50)/t22-,25-,27+,28+,30+/m1/s1. The van der Waals surface area contributed by atoms with E-state index in [4.69, 9.17) is 11.6 Å². The van der Waals surface area contributed by atoms with E-state index in [0.717, 1.165) is 5.56 Å². The van der Waals surface area contributed by atoms with Gasteiger partial charge in [-0.25, -0.2) is 4.98 Å². The molecule has 4 heterocycles. The maximum atomic E-state index is 13.8. The van der Waals surface area contributed by atoms with Crippen molar-refractivity contribution in [1.82, 2.24) is 35.6 Å². The zero-order chi connectivity index (χ0) is 35.9. The van der Waals surface area contributed by atoms with Gasteiger partial charge in [-0.15, -0.1) is 0 Å². The van der Waals surface area contributed by atoms with Gasteiger partial charge in [0, 0.05) is 56.8 Å². The number of rotatable bonds is 5. The summed E-state index contributed by atoms with van der Waals surface area (Å²) in [4.78, 5) is 72.9. The average molecular weight is 708 g/mol. The normalized spacial score (nSPS) is 24.6. The molecule has 2 aliphatic rings. The largest absolute Gasteiger partial charge is 0.508 e. The molecule has 0 aliphatic carbocycles. The number of phenols is 1. The fourth-order valence-electron chi connectivity index (χ4n) is 6.58. The van der Waals surface area contributed by atoms with Crippen molar-refractivity contribution in [3.05, 3.63) is 65.1 Å². The molecule has 0 radical (unpaired) electrons. The lowest BCUT2D eigenvalue weighted by molar-refractivity contribution is -0.139. The van der Waals surface area contributed by atoms with Crippen molar-refractivity contribution < 1.29 is 29.1 Å². The maximum absolute atomic E-state index is 13.8. The van der Waals surface area contributed by atoms with Crippen LogP contribution in [0.5, 0.6) is 5.75 Å². The van der Waals surface area contributed by atoms with E-state index in [1.165, 1.54) is 17.0 Å². The van der Waals surface area contributed by atoms with Crippen molar-refractivity contribution in [3.8, 4) is 5.75 Å². The Morgan fingerprint density at radius 2 is 1.80 bits per heavy atom. The fourth-order valence-corrected chi connectivity index (χ4v) is 6.75. The van der Waals surface area contributed by atoms with Crippen LogP contribution in [0.15, 0.2) is 48.8 Å². The van der Waals surface area contributed by atoms with E-state index in [0.29, 0.717) is 29.9 Å². The van der Waals surface area contributed by atoms with Crippen LogP contribution in [0.3, 0.4) is 0 Å². The van der Waals surface area contributed by atoms with Crippen LogP contribution in [0.2, 0.25) is 5.02 Å². The quantitative estimate of drug-likeness (QED) is 0.271. The topological polar surface area (TPSA) is 174 Å². The highest BCUT2D eigenvalue weighted by Crippen LogP contribution is 2.23. The number of carbonyl (C=O) groups excluding carboxylic acids is 5. The molecule has 0 unspecified atom stereocenters. The Kier molecular flexibility index (Phi) is 12.0. The third-order valence-electron chi connectivity index (χ3n) is 9.44. The summed E-state index contributed by atoms with van der Waals surface area (Å²) in [6.07, 6.45) is 5.56. The summed E-state index contributed by atoms with van der Waals surface area (Å²) in [6.45, 7) is 6.33. The van der Waals surface area contributed by atoms with Crippen molar-refractivity contribution in [2.24, 2.45) is 11.8 Å². The maximum Gasteiger partial charge on any atom is 0.271 e. The van der Waals surface area contributed by atoms with Crippen LogP contribution in [0.1, 0.15) is 75.3 Å². The van der Waals surface area contributed by atoms with Crippen molar-refractivity contribution in [3.63, 3.8) is 0 Å². The fraction of sp³-hybridized carbons (Fsp3) is 0.500. The van der Waals surface area contributed by atoms with Gasteiger partial charge in [0.1, 0.15) is 29.2 Å². The molecule has 1 aromatic carbocycles. The minimum Gasteiger partial charge on any atom is -0.508 e. The molecule has 5 amide bonds. The Morgan fingerprint density at radius 1 is 1.04 bits per heavy atom. The number of benzene rings is 1. The number of imidazole rings is 1. The average Bonchev–Trinajstić information content (AvgIpc) is 3.69. The van der Waals surface area contributed by atoms with Gasteiger partial charge in [-0.3, -0.25) is 24.0 Å². The summed E-state index contributed by atoms with van der Waals surface area (Å²) in [5, 5.41) is 22.0. The van der Waals surface area contributed by atoms with E-state index in [9.17, 15) is 29.1 Å². The van der Waals surface area contributed by atoms with E-state index in [1.807, 2.05) is 20.8 Å². The summed E-state index contributed by atoms with van der Waals surface area (Å²) in [7, 11) is 0. The van der Waals surface area contributed by atoms with Crippen LogP contribution in [-0.4, -0.2) is 86.2 Å². The van der Waals surface area contributed by atoms with Crippen LogP contribution in [0.25, 0.3) is 5.65 Å². The predicted octanol–water partition coefficient (Wildman–Crippen LogP) is 2.98. The molecule has 3 aromatic rings. The van der Waals surface area contributed by atoms with Gasteiger partial charge in [0.15, 0.2) is 0 Å². The minimum absolute atomic E-state index is 0.0239. The molecular weight excluding hydrogens is 662 g/mol. The minimum atomic E-state index is -0.839. The number of fused-ring (bicyclic) bond motifs is 2. The Labute approximate surface area is 296 Å². The molecule has 50 heavy (non-hydrogen) atoms. The number of nitrogens with zero attached hydrogens (tertiary/aromatic N) is 3. The molecule has 2 aliphatic heterocycles. The molecule has 2 aromatic heterocycles. The van der Waals surface area contributed by atoms with Crippen molar-refractivity contribution in [2.75, 3.05) is 13.1 Å². The lowest BCUT2D eigenvalue weighted by Crippen LogP contribution is -2.50. The molecule has 0 saturated carbocycles. The second-order valence-electron chi connectivity index (χ2n) is 13.8. The molecule has 13 nitrogen and oxygen atoms in total. The van der Waals surface area contributed by atoms with Crippen LogP contribution in [0.4, 0.5) is 0 Å². The highest BCUT2D eigenvalue weighted by molar-refractivity contribution is 6.30. The molecule has 5 rings (SSSR count). The number of pyridine rings is 1. The van der Waals surface area contributed by atoms with Crippen LogP contribution in [0, 0.1) is 11.8 Å². The van der Waals surface area contributed by atoms with Crippen molar-refractivity contribution >= 4 is 46.8 Å². The van der Waals surface area contributed by atoms with Crippen LogP contribution >= 0.6 is 11.6 Å². The van der Waals surface area contributed by atoms with E-state index in [2.05, 4.69) is 26.3 Å². The highest BCUT2D eigenvalue weighted by Gasteiger charge is 2.41. The second kappa shape index (κ2) is 16.4. The van der Waals surface area contributed by atoms with Gasteiger partial charge < -0.3 is 35.7 Å². The van der Waals surface area contributed by atoms with Crippen LogP contribution < -0.4 is 21.3 Å². The number of phenolic OH excluding ortho intramolecular Hbond substituents is 1. The first kappa shape index (κ1) is 36.6. The monoisotopic (exact) mass is 707 g/mol. The van der Waals surface area contributed by atoms with Crippen LogP contribution in [-0.2, 0) is 25.6 Å². The number of hydrogen-bond acceptors (Lipinski definition) is 7. The van der Waals surface area contributed by atoms with E-state index >= 15 is 0 Å². The molecule has 268 valence electrons. The number of aromatic nitrogens is 2. The van der Waals surface area contributed by atoms with Gasteiger partial charge in [0.05, 0.1) is 5.02 Å². The third kappa shape index (κ3) is 9.52. The lowest BCUT2D eigenvalue weighted by atomic mass is 9.92. The molecule has 2 saturated heterocycles. The molecule has 2 fully saturated rings. The summed E-state index contributed by atoms with van der Waals surface area (Å²) in [5.41, 5.74) is 1.52. The first-order valence-corrected chi connectivity index (χ1v) is 17.6. The summed E-state index contributed by atoms with van der Waals surface area (Å²) >= 11 is 6.08. The number of carbonyl (C=O) groups is 5. The second-order valence-corrected chi connectivity index (χ2v) is 14.3. The summed E-state index contributed by atoms with van der Waals surface area (Å²) in [5.74, 6) is -1.42. The van der Waals surface area contributed by atoms with Gasteiger partial charge in [0.2, 0.25) is 23.6 Å². The smallest absolute Gasteiger partial charge is 0.271 e. The summed E-state index contributed by atoms with van der Waals surface area (Å²) < 4.78 is 1.66. The molecule has 5 N–H and O–H groups in total. The van der Waals surface area contributed by atoms with E-state index < -0.39 is 24.0 Å². The Balaban J connectivity index is 1.31. The molecular formula is C36H46ClN7O6. The molecule has 5 atom stereocenters. The van der Waals surface area contributed by atoms with Gasteiger partial charge >= 0.3 is 0 Å². The van der Waals surface area contributed by atoms with E-state index in [1.54, 1.807) is 41.1 Å². The number of aromatic hydroxyl groups is 1. The number of amides is 5. The number of halogens is 1. The van der Waals surface area contributed by atoms with Gasteiger partial charge in [-0.2, -0.15) is 0 Å². The van der Waals surface area contributed by atoms with Crippen molar-refractivity contribution in [2.45, 2.75) is 89.9 Å². The Morgan fingerprint density at radius 3 is 2.54 bits per heavy atom. The van der Waals surface area contributed by atoms with Gasteiger partial charge in [-0.05, 0) is 67.3 Å². The lowest BCUT2D eigenvalue weighted by Gasteiger charge is -2.29. The van der Waals surface area contributed by atoms with Gasteiger partial charge in [0.25, 0.3) is 5.91 Å². The Bertz CT molecular complexity index is 1710. The predicted molar refractivity (Wildman–Crippen MR) is 187 cm³/mol. The SMILES string of the molecule is CC(C)[C@@H]1CC[C@@H](C)CC(=O)N[C@@H](Cc2ccc(O)cc2)C(=O)NCCCC(=O)N2C[C@H](NC(=O)c3cn4cc(Cl)ccc4n3)C[C@H]2C(=O)N1.